The zero-order valence-electron chi connectivity index (χ0n) is 43.7. The van der Waals surface area contributed by atoms with Crippen LogP contribution in [0.3, 0.4) is 0 Å². The third-order valence-corrected chi connectivity index (χ3v) is 19.4. The Kier molecular flexibility index (Phi) is 7.14. The van der Waals surface area contributed by atoms with Gasteiger partial charge in [0.15, 0.2) is 8.07 Å². The highest BCUT2D eigenvalue weighted by Crippen LogP contribution is 2.47. The van der Waals surface area contributed by atoms with Crippen molar-refractivity contribution in [3.8, 4) is 22.9 Å². The number of imidazole rings is 4. The number of nitrogens with zero attached hydrogens (tertiary/aromatic N) is 6. The Hall–Kier alpha value is -8.46. The van der Waals surface area contributed by atoms with Crippen molar-refractivity contribution in [2.75, 3.05) is 0 Å². The minimum absolute atomic E-state index is 0.165. The molecule has 0 aliphatic carbocycles. The summed E-state index contributed by atoms with van der Waals surface area (Å²) in [6.45, 7) is -0.247. The molecule has 0 saturated heterocycles. The van der Waals surface area contributed by atoms with Gasteiger partial charge in [0.2, 0.25) is 11.6 Å². The number of aromatic nitrogens is 6. The Morgan fingerprint density at radius 3 is 1.65 bits per heavy atom. The van der Waals surface area contributed by atoms with Crippen LogP contribution >= 0.6 is 0 Å². The number of fused-ring (bicyclic) bond motifs is 12. The average Bonchev–Trinajstić information content (AvgIpc) is 4.26. The number of aryl methyl sites for hydroxylation is 2. The van der Waals surface area contributed by atoms with E-state index in [4.69, 9.17) is 22.9 Å². The lowest BCUT2D eigenvalue weighted by Gasteiger charge is -2.40. The molecule has 5 heterocycles. The molecule has 1 aliphatic rings. The van der Waals surface area contributed by atoms with Gasteiger partial charge in [0.05, 0.1) is 49.8 Å². The van der Waals surface area contributed by atoms with Crippen molar-refractivity contribution in [1.82, 2.24) is 27.9 Å². The molecule has 9 aromatic carbocycles. The molecular weight excluding hydrogens is 861 g/mol. The van der Waals surface area contributed by atoms with Gasteiger partial charge in [-0.25, -0.2) is 9.97 Å². The molecule has 0 fully saturated rings. The first-order valence-electron chi connectivity index (χ1n) is 26.3. The largest absolute Gasteiger partial charge is 0.457 e. The zero-order valence-corrected chi connectivity index (χ0v) is 38.7. The summed E-state index contributed by atoms with van der Waals surface area (Å²) in [5, 5.41) is 4.61. The summed E-state index contributed by atoms with van der Waals surface area (Å²) in [6, 6.07) is 70.4. The Balaban J connectivity index is 1.06. The van der Waals surface area contributed by atoms with Gasteiger partial charge in [0, 0.05) is 30.5 Å². The molecule has 0 radical (unpaired) electrons. The maximum Gasteiger partial charge on any atom is 0.220 e. The summed E-state index contributed by atoms with van der Waals surface area (Å²) < 4.78 is 66.6. The first-order chi connectivity index (χ1) is 36.2. The van der Waals surface area contributed by atoms with E-state index in [-0.39, 0.29) is 16.5 Å². The number of ether oxygens (including phenoxy) is 1. The van der Waals surface area contributed by atoms with Crippen molar-refractivity contribution in [3.63, 3.8) is 0 Å². The van der Waals surface area contributed by atoms with Crippen LogP contribution in [0.25, 0.3) is 67.1 Å². The fourth-order valence-corrected chi connectivity index (χ4v) is 16.4. The van der Waals surface area contributed by atoms with Gasteiger partial charge >= 0.3 is 0 Å². The summed E-state index contributed by atoms with van der Waals surface area (Å²) in [6.07, 6.45) is 0. The van der Waals surface area contributed by atoms with Gasteiger partial charge in [-0.15, -0.1) is 0 Å². The lowest BCUT2D eigenvalue weighted by Crippen LogP contribution is -2.75. The quantitative estimate of drug-likeness (QED) is 0.123. The molecule has 0 spiro atoms. The van der Waals surface area contributed by atoms with Crippen molar-refractivity contribution in [3.05, 3.63) is 229 Å². The molecule has 0 unspecified atom stereocenters. The van der Waals surface area contributed by atoms with Crippen LogP contribution in [0.5, 0.6) is 11.5 Å². The van der Waals surface area contributed by atoms with Gasteiger partial charge in [-0.2, -0.15) is 0 Å². The topological polar surface area (TPSA) is 53.7 Å². The molecule has 14 rings (SSSR count). The summed E-state index contributed by atoms with van der Waals surface area (Å²) in [5.41, 5.74) is 9.42. The third kappa shape index (κ3) is 5.43. The molecular formula is C61H46N6OSi. The molecule has 7 nitrogen and oxygen atoms in total. The van der Waals surface area contributed by atoms with Crippen LogP contribution in [0.15, 0.2) is 206 Å². The van der Waals surface area contributed by atoms with E-state index in [1.165, 1.54) is 10.4 Å². The number of benzene rings is 9. The maximum atomic E-state index is 8.64. The molecule has 69 heavy (non-hydrogen) atoms. The zero-order chi connectivity index (χ0) is 51.2. The number of para-hydroxylation sites is 6. The molecule has 0 saturated carbocycles. The summed E-state index contributed by atoms with van der Waals surface area (Å²) in [4.78, 5) is 10.4. The Morgan fingerprint density at radius 1 is 0.449 bits per heavy atom. The smallest absolute Gasteiger partial charge is 0.220 e. The molecule has 0 bridgehead atoms. The predicted molar refractivity (Wildman–Crippen MR) is 284 cm³/mol. The fraction of sp³-hybridized carbons (Fsp3) is 0.0820. The monoisotopic (exact) mass is 912 g/mol. The summed E-state index contributed by atoms with van der Waals surface area (Å²) >= 11 is 0. The Labute approximate surface area is 408 Å². The first-order valence-corrected chi connectivity index (χ1v) is 25.3. The van der Waals surface area contributed by atoms with E-state index in [9.17, 15) is 0 Å². The van der Waals surface area contributed by atoms with Crippen LogP contribution in [0.4, 0.5) is 0 Å². The van der Waals surface area contributed by atoms with Crippen LogP contribution < -0.4 is 25.5 Å². The molecule has 0 amide bonds. The van der Waals surface area contributed by atoms with E-state index < -0.39 is 21.8 Å². The predicted octanol–water partition coefficient (Wildman–Crippen LogP) is 11.6. The van der Waals surface area contributed by atoms with Crippen LogP contribution in [-0.4, -0.2) is 36.0 Å². The normalized spacial score (nSPS) is 15.1. The maximum absolute atomic E-state index is 8.64. The van der Waals surface area contributed by atoms with E-state index in [2.05, 4.69) is 167 Å². The second kappa shape index (κ2) is 14.5. The Bertz CT molecular complexity index is 4430. The second-order valence-corrected chi connectivity index (χ2v) is 22.4. The molecule has 13 aromatic rings. The minimum atomic E-state index is -3.32. The van der Waals surface area contributed by atoms with Crippen molar-refractivity contribution in [2.24, 2.45) is 0 Å². The molecule has 4 aromatic heterocycles. The molecule has 0 N–H and O–H groups in total. The van der Waals surface area contributed by atoms with E-state index in [1.54, 1.807) is 24.3 Å². The molecule has 1 aliphatic heterocycles. The second-order valence-electron chi connectivity index (χ2n) is 18.6. The van der Waals surface area contributed by atoms with Gasteiger partial charge < -0.3 is 4.74 Å². The van der Waals surface area contributed by atoms with E-state index >= 15 is 0 Å². The van der Waals surface area contributed by atoms with Gasteiger partial charge in [0.25, 0.3) is 0 Å². The van der Waals surface area contributed by atoms with E-state index in [0.717, 1.165) is 66.4 Å². The highest BCUT2D eigenvalue weighted by molar-refractivity contribution is 7.20. The van der Waals surface area contributed by atoms with Crippen LogP contribution in [0.2, 0.25) is 0 Å². The van der Waals surface area contributed by atoms with Crippen LogP contribution in [0.1, 0.15) is 44.3 Å². The highest BCUT2D eigenvalue weighted by Gasteiger charge is 2.47. The highest BCUT2D eigenvalue weighted by atomic mass is 28.3. The van der Waals surface area contributed by atoms with Gasteiger partial charge in [-0.05, 0) is 106 Å². The Morgan fingerprint density at radius 2 is 0.971 bits per heavy atom. The van der Waals surface area contributed by atoms with Gasteiger partial charge in [-0.1, -0.05) is 159 Å². The number of hydrogen-bond donors (Lipinski definition) is 0. The lowest BCUT2D eigenvalue weighted by atomic mass is 9.76. The van der Waals surface area contributed by atoms with Crippen molar-refractivity contribution in [2.45, 2.75) is 33.0 Å². The van der Waals surface area contributed by atoms with Gasteiger partial charge in [-0.3, -0.25) is 17.9 Å². The number of rotatable bonds is 6. The number of hydrogen-bond acceptors (Lipinski definition) is 3. The van der Waals surface area contributed by atoms with Crippen LogP contribution in [-0.2, 0) is 5.41 Å². The van der Waals surface area contributed by atoms with Crippen LogP contribution in [0, 0.1) is 13.7 Å². The molecule has 0 atom stereocenters. The molecule has 330 valence electrons. The standard InChI is InChI=1S/C61H46N6OSi/c1-39-19-15-31-51-56(39)62-59-65(48-29-12-13-30-49(48)66(51)59)42-35-36-50-53(38-42)67-52-32-16-20-40(2)57(52)63-60(67)64(50)41-21-17-26-45(37-41)69(43-22-7-5-8-23-43,44-24-9-6-10-25-44)55-34-18-28-47-58(55)68-54-33-14-11-27-46(54)61(47,3)4/h5-38H,1-4H3/i1D3,2D3. The lowest BCUT2D eigenvalue weighted by molar-refractivity contribution is 0.421. The van der Waals surface area contributed by atoms with Crippen molar-refractivity contribution < 1.29 is 13.0 Å². The average molecular weight is 913 g/mol. The third-order valence-electron chi connectivity index (χ3n) is 14.6. The van der Waals surface area contributed by atoms with Gasteiger partial charge in [0.1, 0.15) is 11.5 Å². The summed E-state index contributed by atoms with van der Waals surface area (Å²) in [7, 11) is -3.32. The van der Waals surface area contributed by atoms with Crippen molar-refractivity contribution in [1.29, 1.82) is 0 Å². The van der Waals surface area contributed by atoms with E-state index in [0.29, 0.717) is 33.6 Å². The minimum Gasteiger partial charge on any atom is -0.457 e. The fourth-order valence-electron chi connectivity index (χ4n) is 11.5. The SMILES string of the molecule is [2H]C([2H])([2H])c1cccc2c1nc1n(-c3ccc4c(c3)n3c5cccc(C([2H])([2H])[2H])c5nc3n4-c3cccc([Si](c4ccccc4)(c4ccccc4)c4cccc5c4Oc4ccccc4C5(C)C)c3)c3ccccc3n21. The van der Waals surface area contributed by atoms with E-state index in [1.807, 2.05) is 46.9 Å². The molecule has 8 heteroatoms. The summed E-state index contributed by atoms with van der Waals surface area (Å²) in [5.74, 6) is 2.83. The van der Waals surface area contributed by atoms with Crippen molar-refractivity contribution >= 4 is 84.5 Å². The first kappa shape index (κ1) is 33.9.